The molecule has 10 rings (SSSR count). The molecule has 9 aromatic rings. The lowest BCUT2D eigenvalue weighted by molar-refractivity contribution is 1.00. The highest BCUT2D eigenvalue weighted by Gasteiger charge is 2.30. The number of fused-ring (bicyclic) bond motifs is 3. The molecule has 0 aliphatic heterocycles. The summed E-state index contributed by atoms with van der Waals surface area (Å²) in [6.07, 6.45) is 3.91. The van der Waals surface area contributed by atoms with Crippen molar-refractivity contribution in [3.05, 3.63) is 234 Å². The van der Waals surface area contributed by atoms with Crippen LogP contribution in [0.4, 0.5) is 17.1 Å². The molecule has 3 heteroatoms. The van der Waals surface area contributed by atoms with E-state index in [1.807, 2.05) is 12.4 Å². The third kappa shape index (κ3) is 6.71. The highest BCUT2D eigenvalue weighted by Crippen LogP contribution is 2.50. The standard InChI is InChI=1S/C56H43N3/c1-37-30-45(55-50-26-12-10-24-48(50)49-25-11-13-27-51(49)55)31-38(2)56(37)59(46-22-14-20-43(32-46)53-34-42(28-29-57-53)40-16-6-4-7-17-40)47-23-15-21-44(33-47)54-35-52(39(3)36-58-54)41-18-8-5-9-19-41/h4-36,55H,1-3H3. The number of hydrogen-bond donors (Lipinski definition) is 0. The van der Waals surface area contributed by atoms with E-state index in [0.717, 1.165) is 50.7 Å². The summed E-state index contributed by atoms with van der Waals surface area (Å²) in [7, 11) is 0. The summed E-state index contributed by atoms with van der Waals surface area (Å²) < 4.78 is 0. The molecule has 0 saturated heterocycles. The van der Waals surface area contributed by atoms with Gasteiger partial charge in [-0.15, -0.1) is 0 Å². The third-order valence-electron chi connectivity index (χ3n) is 11.8. The van der Waals surface area contributed by atoms with Crippen molar-refractivity contribution < 1.29 is 0 Å². The minimum Gasteiger partial charge on any atom is -0.310 e. The van der Waals surface area contributed by atoms with Crippen LogP contribution in [0.1, 0.15) is 39.3 Å². The Morgan fingerprint density at radius 2 is 0.915 bits per heavy atom. The predicted octanol–water partition coefficient (Wildman–Crippen LogP) is 14.7. The van der Waals surface area contributed by atoms with Crippen LogP contribution in [-0.4, -0.2) is 9.97 Å². The maximum absolute atomic E-state index is 4.97. The van der Waals surface area contributed by atoms with Gasteiger partial charge in [0.15, 0.2) is 0 Å². The monoisotopic (exact) mass is 757 g/mol. The Balaban J connectivity index is 1.12. The quantitative estimate of drug-likeness (QED) is 0.155. The lowest BCUT2D eigenvalue weighted by Crippen LogP contribution is -2.14. The molecule has 7 aromatic carbocycles. The van der Waals surface area contributed by atoms with Crippen LogP contribution in [-0.2, 0) is 0 Å². The van der Waals surface area contributed by atoms with Crippen LogP contribution in [0.3, 0.4) is 0 Å². The van der Waals surface area contributed by atoms with Crippen LogP contribution in [0.25, 0.3) is 55.9 Å². The van der Waals surface area contributed by atoms with Gasteiger partial charge in [-0.05, 0) is 130 Å². The summed E-state index contributed by atoms with van der Waals surface area (Å²) in [5.74, 6) is 0.170. The molecule has 0 radical (unpaired) electrons. The summed E-state index contributed by atoms with van der Waals surface area (Å²) in [6, 6.07) is 67.8. The first-order chi connectivity index (χ1) is 29.0. The molecule has 1 aliphatic carbocycles. The van der Waals surface area contributed by atoms with E-state index >= 15 is 0 Å². The summed E-state index contributed by atoms with van der Waals surface area (Å²) in [5, 5.41) is 0. The minimum absolute atomic E-state index is 0.170. The highest BCUT2D eigenvalue weighted by molar-refractivity contribution is 5.86. The first kappa shape index (κ1) is 36.0. The number of aryl methyl sites for hydroxylation is 3. The maximum atomic E-state index is 4.97. The van der Waals surface area contributed by atoms with Crippen LogP contribution in [0, 0.1) is 20.8 Å². The average Bonchev–Trinajstić information content (AvgIpc) is 3.63. The summed E-state index contributed by atoms with van der Waals surface area (Å²) >= 11 is 0. The molecular formula is C56H43N3. The van der Waals surface area contributed by atoms with Gasteiger partial charge in [0.2, 0.25) is 0 Å². The molecule has 0 fully saturated rings. The van der Waals surface area contributed by atoms with Crippen molar-refractivity contribution in [1.29, 1.82) is 0 Å². The van der Waals surface area contributed by atoms with E-state index in [9.17, 15) is 0 Å². The Bertz CT molecular complexity index is 2920. The zero-order valence-corrected chi connectivity index (χ0v) is 33.5. The molecular weight excluding hydrogens is 715 g/mol. The number of nitrogens with zero attached hydrogens (tertiary/aromatic N) is 3. The van der Waals surface area contributed by atoms with Crippen LogP contribution in [0.5, 0.6) is 0 Å². The average molecular weight is 758 g/mol. The predicted molar refractivity (Wildman–Crippen MR) is 245 cm³/mol. The lowest BCUT2D eigenvalue weighted by atomic mass is 9.87. The molecule has 282 valence electrons. The summed E-state index contributed by atoms with van der Waals surface area (Å²) in [4.78, 5) is 12.3. The molecule has 2 heterocycles. The van der Waals surface area contributed by atoms with E-state index in [2.05, 4.69) is 214 Å². The maximum Gasteiger partial charge on any atom is 0.0709 e. The van der Waals surface area contributed by atoms with E-state index in [-0.39, 0.29) is 5.92 Å². The molecule has 0 N–H and O–H groups in total. The molecule has 3 nitrogen and oxygen atoms in total. The van der Waals surface area contributed by atoms with Gasteiger partial charge in [0.1, 0.15) is 0 Å². The zero-order valence-electron chi connectivity index (χ0n) is 33.5. The molecule has 0 unspecified atom stereocenters. The largest absolute Gasteiger partial charge is 0.310 e. The molecule has 1 aliphatic rings. The van der Waals surface area contributed by atoms with Crippen molar-refractivity contribution in [2.45, 2.75) is 26.7 Å². The third-order valence-corrected chi connectivity index (χ3v) is 11.8. The van der Waals surface area contributed by atoms with Crippen molar-refractivity contribution in [1.82, 2.24) is 9.97 Å². The number of benzene rings is 7. The second-order valence-electron chi connectivity index (χ2n) is 15.6. The van der Waals surface area contributed by atoms with Crippen molar-refractivity contribution in [2.75, 3.05) is 4.90 Å². The van der Waals surface area contributed by atoms with Gasteiger partial charge in [-0.25, -0.2) is 0 Å². The zero-order chi connectivity index (χ0) is 39.9. The summed E-state index contributed by atoms with van der Waals surface area (Å²) in [5.41, 5.74) is 22.2. The normalized spacial score (nSPS) is 11.9. The molecule has 0 amide bonds. The van der Waals surface area contributed by atoms with Crippen molar-refractivity contribution >= 4 is 17.1 Å². The smallest absolute Gasteiger partial charge is 0.0709 e. The van der Waals surface area contributed by atoms with Gasteiger partial charge in [0.25, 0.3) is 0 Å². The molecule has 0 spiro atoms. The SMILES string of the molecule is Cc1cnc(-c2cccc(N(c3cccc(-c4cc(-c5ccccc5)ccn4)c3)c3c(C)cc(C4c5ccccc5-c5ccccc54)cc3C)c2)cc1-c1ccccc1. The van der Waals surface area contributed by atoms with Gasteiger partial charge in [-0.2, -0.15) is 0 Å². The van der Waals surface area contributed by atoms with Gasteiger partial charge in [-0.3, -0.25) is 9.97 Å². The molecule has 59 heavy (non-hydrogen) atoms. The fraction of sp³-hybridized carbons (Fsp3) is 0.0714. The first-order valence-corrected chi connectivity index (χ1v) is 20.3. The number of hydrogen-bond acceptors (Lipinski definition) is 3. The van der Waals surface area contributed by atoms with Crippen LogP contribution >= 0.6 is 0 Å². The second-order valence-corrected chi connectivity index (χ2v) is 15.6. The van der Waals surface area contributed by atoms with Crippen molar-refractivity contribution in [2.24, 2.45) is 0 Å². The molecule has 0 bridgehead atoms. The molecule has 0 saturated carbocycles. The first-order valence-electron chi connectivity index (χ1n) is 20.3. The van der Waals surface area contributed by atoms with Gasteiger partial charge in [-0.1, -0.05) is 146 Å². The summed E-state index contributed by atoms with van der Waals surface area (Å²) in [6.45, 7) is 6.66. The van der Waals surface area contributed by atoms with E-state index in [1.54, 1.807) is 0 Å². The van der Waals surface area contributed by atoms with Crippen LogP contribution < -0.4 is 4.90 Å². The van der Waals surface area contributed by atoms with Crippen molar-refractivity contribution in [3.63, 3.8) is 0 Å². The number of anilines is 3. The van der Waals surface area contributed by atoms with E-state index in [4.69, 9.17) is 9.97 Å². The Hall–Kier alpha value is -7.36. The Morgan fingerprint density at radius 1 is 0.390 bits per heavy atom. The van der Waals surface area contributed by atoms with Crippen LogP contribution in [0.15, 0.2) is 200 Å². The fourth-order valence-corrected chi connectivity index (χ4v) is 9.05. The van der Waals surface area contributed by atoms with Gasteiger partial charge < -0.3 is 4.90 Å². The van der Waals surface area contributed by atoms with Crippen LogP contribution in [0.2, 0.25) is 0 Å². The van der Waals surface area contributed by atoms with Crippen molar-refractivity contribution in [3.8, 4) is 55.9 Å². The van der Waals surface area contributed by atoms with Gasteiger partial charge >= 0.3 is 0 Å². The Labute approximate surface area is 347 Å². The topological polar surface area (TPSA) is 29.0 Å². The molecule has 0 atom stereocenters. The molecule has 2 aromatic heterocycles. The number of rotatable bonds is 8. The fourth-order valence-electron chi connectivity index (χ4n) is 9.05. The van der Waals surface area contributed by atoms with Gasteiger partial charge in [0.05, 0.1) is 17.1 Å². The minimum atomic E-state index is 0.170. The number of aromatic nitrogens is 2. The lowest BCUT2D eigenvalue weighted by Gasteiger charge is -2.30. The Morgan fingerprint density at radius 3 is 1.53 bits per heavy atom. The van der Waals surface area contributed by atoms with E-state index in [0.29, 0.717) is 0 Å². The van der Waals surface area contributed by atoms with E-state index in [1.165, 1.54) is 55.6 Å². The van der Waals surface area contributed by atoms with Gasteiger partial charge in [0, 0.05) is 40.8 Å². The second kappa shape index (κ2) is 15.2. The highest BCUT2D eigenvalue weighted by atomic mass is 15.1. The Kier molecular flexibility index (Phi) is 9.27. The van der Waals surface area contributed by atoms with E-state index < -0.39 is 0 Å². The number of pyridine rings is 2.